The molecular weight excluding hydrogens is 532 g/mol. The molecular formula is C27H30O13. The van der Waals surface area contributed by atoms with Gasteiger partial charge >= 0.3 is 0 Å². The maximum Gasteiger partial charge on any atom is 0.193 e. The highest BCUT2D eigenvalue weighted by molar-refractivity contribution is 5.84. The molecule has 8 N–H and O–H groups in total. The average Bonchev–Trinajstić information content (AvgIpc) is 2.93. The second-order valence-electron chi connectivity index (χ2n) is 9.94. The van der Waals surface area contributed by atoms with Gasteiger partial charge in [-0.15, -0.1) is 0 Å². The summed E-state index contributed by atoms with van der Waals surface area (Å²) in [6.45, 7) is 0.689. The van der Waals surface area contributed by atoms with E-state index in [4.69, 9.17) is 18.6 Å². The maximum atomic E-state index is 13.1. The third-order valence-corrected chi connectivity index (χ3v) is 7.32. The van der Waals surface area contributed by atoms with Crippen molar-refractivity contribution >= 4 is 11.0 Å². The minimum Gasteiger partial charge on any atom is -0.508 e. The van der Waals surface area contributed by atoms with Gasteiger partial charge in [-0.25, -0.2) is 0 Å². The van der Waals surface area contributed by atoms with E-state index in [9.17, 15) is 45.6 Å². The van der Waals surface area contributed by atoms with E-state index < -0.39 is 79.0 Å². The predicted octanol–water partition coefficient (Wildman–Crippen LogP) is -0.762. The van der Waals surface area contributed by atoms with Crippen molar-refractivity contribution in [2.75, 3.05) is 6.61 Å². The van der Waals surface area contributed by atoms with Gasteiger partial charge < -0.3 is 59.5 Å². The average molecular weight is 563 g/mol. The normalized spacial score (nSPS) is 34.7. The van der Waals surface area contributed by atoms with Gasteiger partial charge in [0, 0.05) is 11.6 Å². The molecule has 2 fully saturated rings. The third-order valence-electron chi connectivity index (χ3n) is 7.32. The predicted molar refractivity (Wildman–Crippen MR) is 135 cm³/mol. The van der Waals surface area contributed by atoms with Gasteiger partial charge in [0.1, 0.15) is 71.7 Å². The van der Waals surface area contributed by atoms with Crippen molar-refractivity contribution in [1.29, 1.82) is 0 Å². The molecule has 2 aliphatic rings. The largest absolute Gasteiger partial charge is 0.508 e. The summed E-state index contributed by atoms with van der Waals surface area (Å²) in [5.74, 6) is -0.373. The summed E-state index contributed by atoms with van der Waals surface area (Å²) in [6.07, 6.45) is -15.4. The first-order valence-corrected chi connectivity index (χ1v) is 12.6. The molecule has 3 aromatic rings. The molecule has 10 unspecified atom stereocenters. The van der Waals surface area contributed by atoms with E-state index in [1.54, 1.807) is 0 Å². The first-order valence-electron chi connectivity index (χ1n) is 12.6. The number of hydrogen-bond acceptors (Lipinski definition) is 13. The van der Waals surface area contributed by atoms with Crippen LogP contribution in [0.1, 0.15) is 18.6 Å². The van der Waals surface area contributed by atoms with Crippen LogP contribution in [0.3, 0.4) is 0 Å². The van der Waals surface area contributed by atoms with Crippen LogP contribution in [0.25, 0.3) is 22.3 Å². The summed E-state index contributed by atoms with van der Waals surface area (Å²) in [5, 5.41) is 82.8. The number of benzene rings is 2. The summed E-state index contributed by atoms with van der Waals surface area (Å²) < 4.78 is 23.2. The van der Waals surface area contributed by atoms with E-state index in [1.165, 1.54) is 49.4 Å². The summed E-state index contributed by atoms with van der Waals surface area (Å²) in [4.78, 5) is 13.1. The van der Waals surface area contributed by atoms with Crippen molar-refractivity contribution in [2.24, 2.45) is 0 Å². The van der Waals surface area contributed by atoms with Crippen LogP contribution in [-0.2, 0) is 14.2 Å². The molecule has 0 spiro atoms. The first kappa shape index (κ1) is 28.4. The van der Waals surface area contributed by atoms with Gasteiger partial charge in [-0.2, -0.15) is 0 Å². The van der Waals surface area contributed by atoms with Crippen molar-refractivity contribution < 1.29 is 59.5 Å². The van der Waals surface area contributed by atoms with Gasteiger partial charge in [0.15, 0.2) is 11.7 Å². The van der Waals surface area contributed by atoms with E-state index in [-0.39, 0.29) is 28.0 Å². The second kappa shape index (κ2) is 11.0. The van der Waals surface area contributed by atoms with Crippen LogP contribution in [-0.4, -0.2) is 103 Å². The maximum absolute atomic E-state index is 13.1. The quantitative estimate of drug-likeness (QED) is 0.192. The van der Waals surface area contributed by atoms with E-state index in [1.807, 2.05) is 0 Å². The highest BCUT2D eigenvalue weighted by Gasteiger charge is 2.51. The molecule has 2 aromatic carbocycles. The summed E-state index contributed by atoms with van der Waals surface area (Å²) in [7, 11) is 0. The van der Waals surface area contributed by atoms with Crippen LogP contribution < -0.4 is 5.43 Å². The van der Waals surface area contributed by atoms with Gasteiger partial charge in [-0.3, -0.25) is 4.79 Å². The Hall–Kier alpha value is -3.11. The molecule has 3 heterocycles. The molecule has 40 heavy (non-hydrogen) atoms. The summed E-state index contributed by atoms with van der Waals surface area (Å²) >= 11 is 0. The van der Waals surface area contributed by atoms with Crippen molar-refractivity contribution in [3.05, 3.63) is 58.3 Å². The van der Waals surface area contributed by atoms with E-state index in [0.29, 0.717) is 5.56 Å². The number of phenols is 2. The van der Waals surface area contributed by atoms with Crippen molar-refractivity contribution in [2.45, 2.75) is 68.1 Å². The Labute approximate surface area is 226 Å². The minimum absolute atomic E-state index is 0.0116. The van der Waals surface area contributed by atoms with E-state index >= 15 is 0 Å². The van der Waals surface area contributed by atoms with Gasteiger partial charge in [0.05, 0.1) is 23.7 Å². The Balaban J connectivity index is 1.63. The van der Waals surface area contributed by atoms with Crippen molar-refractivity contribution in [3.63, 3.8) is 0 Å². The zero-order valence-electron chi connectivity index (χ0n) is 21.1. The lowest BCUT2D eigenvalue weighted by atomic mass is 9.89. The second-order valence-corrected chi connectivity index (χ2v) is 9.94. The highest BCUT2D eigenvalue weighted by Crippen LogP contribution is 2.43. The smallest absolute Gasteiger partial charge is 0.193 e. The monoisotopic (exact) mass is 562 g/mol. The first-order chi connectivity index (χ1) is 19.0. The molecule has 0 saturated carbocycles. The zero-order valence-corrected chi connectivity index (χ0v) is 21.1. The minimum atomic E-state index is -1.78. The number of aliphatic hydroxyl groups excluding tert-OH is 6. The van der Waals surface area contributed by atoms with Crippen LogP contribution in [0.5, 0.6) is 11.5 Å². The molecule has 216 valence electrons. The highest BCUT2D eigenvalue weighted by atomic mass is 16.7. The number of aliphatic hydroxyl groups is 6. The molecule has 2 saturated heterocycles. The lowest BCUT2D eigenvalue weighted by Gasteiger charge is -2.46. The molecule has 1 aromatic heterocycles. The summed E-state index contributed by atoms with van der Waals surface area (Å²) in [6, 6.07) is 9.55. The number of ether oxygens (including phenoxy) is 3. The fraction of sp³-hybridized carbons (Fsp3) is 0.444. The molecule has 0 amide bonds. The van der Waals surface area contributed by atoms with Gasteiger partial charge in [0.2, 0.25) is 0 Å². The molecule has 2 aliphatic heterocycles. The van der Waals surface area contributed by atoms with Crippen LogP contribution in [0.4, 0.5) is 0 Å². The van der Waals surface area contributed by atoms with Crippen LogP contribution in [0.15, 0.2) is 51.7 Å². The van der Waals surface area contributed by atoms with Crippen LogP contribution in [0.2, 0.25) is 0 Å². The number of rotatable bonds is 5. The standard InChI is InChI=1S/C27H30O13/c1-10-19(32)21(34)23(36)27(37-10)40-26-22(35)20(33)17(9-28)39-25(26)18-14(30)7-6-13-15(31)8-16(38-24(13)18)11-2-4-12(29)5-3-11/h2-8,10,17,19-23,25-30,32-36H,9H2,1H3. The van der Waals surface area contributed by atoms with Crippen LogP contribution in [0, 0.1) is 0 Å². The molecule has 13 heteroatoms. The Kier molecular flexibility index (Phi) is 7.85. The fourth-order valence-electron chi connectivity index (χ4n) is 5.03. The summed E-state index contributed by atoms with van der Waals surface area (Å²) in [5.41, 5.74) is -0.380. The van der Waals surface area contributed by atoms with Gasteiger partial charge in [-0.1, -0.05) is 0 Å². The Morgan fingerprint density at radius 1 is 0.850 bits per heavy atom. The molecule has 5 rings (SSSR count). The Morgan fingerprint density at radius 2 is 1.55 bits per heavy atom. The molecule has 0 radical (unpaired) electrons. The fourth-order valence-corrected chi connectivity index (χ4v) is 5.03. The van der Waals surface area contributed by atoms with Gasteiger partial charge in [-0.05, 0) is 43.3 Å². The molecule has 13 nitrogen and oxygen atoms in total. The SMILES string of the molecule is CC1OC(OC2C(c3c(O)ccc4c(=O)cc(-c5ccc(O)cc5)oc34)OC(CO)C(O)C2O)C(O)C(O)C1O. The number of hydrogen-bond donors (Lipinski definition) is 8. The zero-order chi connectivity index (χ0) is 28.9. The van der Waals surface area contributed by atoms with Gasteiger partial charge in [0.25, 0.3) is 0 Å². The Bertz CT molecular complexity index is 1410. The lowest BCUT2D eigenvalue weighted by molar-refractivity contribution is -0.338. The molecule has 0 bridgehead atoms. The number of fused-ring (bicyclic) bond motifs is 1. The topological polar surface area (TPSA) is 220 Å². The lowest BCUT2D eigenvalue weighted by Crippen LogP contribution is -2.61. The van der Waals surface area contributed by atoms with E-state index in [2.05, 4.69) is 0 Å². The molecule has 10 atom stereocenters. The van der Waals surface area contributed by atoms with E-state index in [0.717, 1.165) is 0 Å². The van der Waals surface area contributed by atoms with Crippen molar-refractivity contribution in [3.8, 4) is 22.8 Å². The Morgan fingerprint density at radius 3 is 2.23 bits per heavy atom. The third kappa shape index (κ3) is 4.96. The van der Waals surface area contributed by atoms with Crippen molar-refractivity contribution in [1.82, 2.24) is 0 Å². The number of aromatic hydroxyl groups is 2. The number of phenolic OH excluding ortho intramolecular Hbond substituents is 2. The molecule has 0 aliphatic carbocycles. The van der Waals surface area contributed by atoms with Crippen LogP contribution >= 0.6 is 0 Å².